The molecule has 2 unspecified atom stereocenters. The minimum atomic E-state index is -0.0936. The Morgan fingerprint density at radius 1 is 1.33 bits per heavy atom. The lowest BCUT2D eigenvalue weighted by molar-refractivity contribution is 0.0272. The van der Waals surface area contributed by atoms with Gasteiger partial charge in [0.1, 0.15) is 0 Å². The van der Waals surface area contributed by atoms with Gasteiger partial charge in [-0.05, 0) is 24.8 Å². The molecule has 1 heterocycles. The summed E-state index contributed by atoms with van der Waals surface area (Å²) in [5.41, 5.74) is 1.72. The summed E-state index contributed by atoms with van der Waals surface area (Å²) >= 11 is 0. The van der Waals surface area contributed by atoms with Crippen LogP contribution < -0.4 is 5.32 Å². The quantitative estimate of drug-likeness (QED) is 0.885. The SMILES string of the molecule is O=C(NC1CCCC1OCc1ccccc1)c1cn[nH]c1. The van der Waals surface area contributed by atoms with Crippen molar-refractivity contribution in [2.75, 3.05) is 0 Å². The Bertz CT molecular complexity index is 568. The highest BCUT2D eigenvalue weighted by Crippen LogP contribution is 2.23. The van der Waals surface area contributed by atoms with E-state index in [4.69, 9.17) is 4.74 Å². The minimum absolute atomic E-state index is 0.0797. The standard InChI is InChI=1S/C16H19N3O2/c20-16(13-9-17-18-10-13)19-14-7-4-8-15(14)21-11-12-5-2-1-3-6-12/h1-3,5-6,9-10,14-15H,4,7-8,11H2,(H,17,18)(H,19,20). The van der Waals surface area contributed by atoms with Gasteiger partial charge in [-0.25, -0.2) is 0 Å². The van der Waals surface area contributed by atoms with Gasteiger partial charge in [-0.15, -0.1) is 0 Å². The van der Waals surface area contributed by atoms with E-state index in [0.717, 1.165) is 24.8 Å². The number of hydrogen-bond donors (Lipinski definition) is 2. The van der Waals surface area contributed by atoms with Gasteiger partial charge in [-0.1, -0.05) is 30.3 Å². The van der Waals surface area contributed by atoms with Gasteiger partial charge in [-0.2, -0.15) is 5.10 Å². The Morgan fingerprint density at radius 2 is 2.19 bits per heavy atom. The first-order valence-corrected chi connectivity index (χ1v) is 7.28. The summed E-state index contributed by atoms with van der Waals surface area (Å²) in [6, 6.07) is 10.2. The fourth-order valence-electron chi connectivity index (χ4n) is 2.69. The largest absolute Gasteiger partial charge is 0.371 e. The lowest BCUT2D eigenvalue weighted by Crippen LogP contribution is -2.41. The second-order valence-corrected chi connectivity index (χ2v) is 5.33. The van der Waals surface area contributed by atoms with Crippen molar-refractivity contribution in [2.24, 2.45) is 0 Å². The fourth-order valence-corrected chi connectivity index (χ4v) is 2.69. The third kappa shape index (κ3) is 3.49. The van der Waals surface area contributed by atoms with Crippen LogP contribution in [0, 0.1) is 0 Å². The molecule has 2 N–H and O–H groups in total. The average Bonchev–Trinajstić information content (AvgIpc) is 3.18. The van der Waals surface area contributed by atoms with Gasteiger partial charge in [0.15, 0.2) is 0 Å². The lowest BCUT2D eigenvalue weighted by atomic mass is 10.2. The molecule has 110 valence electrons. The van der Waals surface area contributed by atoms with Crippen LogP contribution in [-0.4, -0.2) is 28.3 Å². The summed E-state index contributed by atoms with van der Waals surface area (Å²) in [5.74, 6) is -0.0936. The van der Waals surface area contributed by atoms with E-state index < -0.39 is 0 Å². The van der Waals surface area contributed by atoms with E-state index >= 15 is 0 Å². The number of nitrogens with one attached hydrogen (secondary N) is 2. The van der Waals surface area contributed by atoms with Gasteiger partial charge in [0.25, 0.3) is 5.91 Å². The number of benzene rings is 1. The van der Waals surface area contributed by atoms with Crippen molar-refractivity contribution in [2.45, 2.75) is 38.0 Å². The number of nitrogens with zero attached hydrogens (tertiary/aromatic N) is 1. The topological polar surface area (TPSA) is 67.0 Å². The van der Waals surface area contributed by atoms with E-state index in [0.29, 0.717) is 12.2 Å². The molecule has 21 heavy (non-hydrogen) atoms. The van der Waals surface area contributed by atoms with Gasteiger partial charge in [-0.3, -0.25) is 9.89 Å². The number of carbonyl (C=O) groups is 1. The van der Waals surface area contributed by atoms with Crippen LogP contribution >= 0.6 is 0 Å². The maximum Gasteiger partial charge on any atom is 0.254 e. The first-order valence-electron chi connectivity index (χ1n) is 7.28. The predicted octanol–water partition coefficient (Wildman–Crippen LogP) is 2.28. The molecule has 1 aromatic heterocycles. The second-order valence-electron chi connectivity index (χ2n) is 5.33. The van der Waals surface area contributed by atoms with Crippen LogP contribution in [0.5, 0.6) is 0 Å². The highest BCUT2D eigenvalue weighted by Gasteiger charge is 2.29. The van der Waals surface area contributed by atoms with E-state index in [1.165, 1.54) is 6.20 Å². The van der Waals surface area contributed by atoms with Crippen molar-refractivity contribution in [3.8, 4) is 0 Å². The van der Waals surface area contributed by atoms with Gasteiger partial charge in [0.2, 0.25) is 0 Å². The number of amides is 1. The van der Waals surface area contributed by atoms with Crippen LogP contribution in [-0.2, 0) is 11.3 Å². The molecule has 3 rings (SSSR count). The molecule has 1 saturated carbocycles. The Hall–Kier alpha value is -2.14. The van der Waals surface area contributed by atoms with Crippen LogP contribution in [0.3, 0.4) is 0 Å². The molecule has 0 radical (unpaired) electrons. The van der Waals surface area contributed by atoms with E-state index in [-0.39, 0.29) is 18.1 Å². The van der Waals surface area contributed by atoms with Crippen molar-refractivity contribution >= 4 is 5.91 Å². The molecule has 5 nitrogen and oxygen atoms in total. The average molecular weight is 285 g/mol. The van der Waals surface area contributed by atoms with E-state index in [2.05, 4.69) is 15.5 Å². The minimum Gasteiger partial charge on any atom is -0.371 e. The van der Waals surface area contributed by atoms with Gasteiger partial charge in [0, 0.05) is 6.20 Å². The molecular formula is C16H19N3O2. The summed E-state index contributed by atoms with van der Waals surface area (Å²) in [7, 11) is 0. The molecule has 0 aliphatic heterocycles. The first-order chi connectivity index (χ1) is 10.3. The number of aromatic amines is 1. The highest BCUT2D eigenvalue weighted by molar-refractivity contribution is 5.93. The Morgan fingerprint density at radius 3 is 2.95 bits per heavy atom. The van der Waals surface area contributed by atoms with Gasteiger partial charge < -0.3 is 10.1 Å². The van der Waals surface area contributed by atoms with E-state index in [1.54, 1.807) is 6.20 Å². The van der Waals surface area contributed by atoms with Crippen LogP contribution in [0.2, 0.25) is 0 Å². The molecule has 1 fully saturated rings. The second kappa shape index (κ2) is 6.54. The molecule has 2 atom stereocenters. The normalized spacial score (nSPS) is 21.3. The number of hydrogen-bond acceptors (Lipinski definition) is 3. The van der Waals surface area contributed by atoms with Crippen LogP contribution in [0.15, 0.2) is 42.7 Å². The number of rotatable bonds is 5. The van der Waals surface area contributed by atoms with Crippen LogP contribution in [0.25, 0.3) is 0 Å². The van der Waals surface area contributed by atoms with Crippen molar-refractivity contribution in [1.29, 1.82) is 0 Å². The molecule has 2 aromatic rings. The van der Waals surface area contributed by atoms with Crippen LogP contribution in [0.1, 0.15) is 35.2 Å². The predicted molar refractivity (Wildman–Crippen MR) is 78.7 cm³/mol. The first kappa shape index (κ1) is 13.8. The summed E-state index contributed by atoms with van der Waals surface area (Å²) < 4.78 is 5.98. The maximum absolute atomic E-state index is 12.1. The zero-order valence-corrected chi connectivity index (χ0v) is 11.8. The van der Waals surface area contributed by atoms with Crippen molar-refractivity contribution in [3.63, 3.8) is 0 Å². The Kier molecular flexibility index (Phi) is 4.31. The summed E-state index contributed by atoms with van der Waals surface area (Å²) in [6.45, 7) is 0.587. The molecule has 1 amide bonds. The van der Waals surface area contributed by atoms with E-state index in [1.807, 2.05) is 30.3 Å². The van der Waals surface area contributed by atoms with Crippen molar-refractivity contribution in [3.05, 3.63) is 53.9 Å². The van der Waals surface area contributed by atoms with Crippen molar-refractivity contribution < 1.29 is 9.53 Å². The maximum atomic E-state index is 12.1. The molecule has 0 spiro atoms. The van der Waals surface area contributed by atoms with Crippen molar-refractivity contribution in [1.82, 2.24) is 15.5 Å². The molecule has 0 saturated heterocycles. The molecule has 1 aromatic carbocycles. The zero-order valence-electron chi connectivity index (χ0n) is 11.8. The lowest BCUT2D eigenvalue weighted by Gasteiger charge is -2.21. The summed E-state index contributed by atoms with van der Waals surface area (Å²) in [6.07, 6.45) is 6.25. The Labute approximate surface area is 123 Å². The smallest absolute Gasteiger partial charge is 0.254 e. The van der Waals surface area contributed by atoms with Gasteiger partial charge >= 0.3 is 0 Å². The highest BCUT2D eigenvalue weighted by atomic mass is 16.5. The molecule has 5 heteroatoms. The third-order valence-electron chi connectivity index (χ3n) is 3.84. The zero-order chi connectivity index (χ0) is 14.5. The molecule has 1 aliphatic carbocycles. The van der Waals surface area contributed by atoms with Crippen LogP contribution in [0.4, 0.5) is 0 Å². The monoisotopic (exact) mass is 285 g/mol. The molecule has 0 bridgehead atoms. The molecular weight excluding hydrogens is 266 g/mol. The number of carbonyl (C=O) groups excluding carboxylic acids is 1. The summed E-state index contributed by atoms with van der Waals surface area (Å²) in [5, 5.41) is 9.49. The summed E-state index contributed by atoms with van der Waals surface area (Å²) in [4.78, 5) is 12.1. The number of aromatic nitrogens is 2. The molecule has 1 aliphatic rings. The number of ether oxygens (including phenoxy) is 1. The van der Waals surface area contributed by atoms with Gasteiger partial charge in [0.05, 0.1) is 30.5 Å². The van der Waals surface area contributed by atoms with E-state index in [9.17, 15) is 4.79 Å². The third-order valence-corrected chi connectivity index (χ3v) is 3.84. The Balaban J connectivity index is 1.54. The number of H-pyrrole nitrogens is 1. The fraction of sp³-hybridized carbons (Fsp3) is 0.375.